The van der Waals surface area contributed by atoms with Gasteiger partial charge in [0.25, 0.3) is 0 Å². The molecular formula is C17H18FNO2. The van der Waals surface area contributed by atoms with E-state index < -0.39 is 0 Å². The molecule has 0 atom stereocenters. The lowest BCUT2D eigenvalue weighted by molar-refractivity contribution is -0.115. The fraction of sp³-hybridized carbons (Fsp3) is 0.235. The summed E-state index contributed by atoms with van der Waals surface area (Å²) in [5.74, 6) is 0.100. The van der Waals surface area contributed by atoms with Gasteiger partial charge in [0, 0.05) is 11.3 Å². The lowest BCUT2D eigenvalue weighted by atomic mass is 10.1. The van der Waals surface area contributed by atoms with E-state index in [-0.39, 0.29) is 18.1 Å². The maximum atomic E-state index is 13.2. The topological polar surface area (TPSA) is 38.3 Å². The van der Waals surface area contributed by atoms with Gasteiger partial charge in [-0.3, -0.25) is 4.79 Å². The predicted octanol–water partition coefficient (Wildman–Crippen LogP) is 3.63. The SMILES string of the molecule is COc1ccc(C)cc1CC(=O)Nc1cc(F)ccc1C. The van der Waals surface area contributed by atoms with Gasteiger partial charge in [0.2, 0.25) is 5.91 Å². The number of ether oxygens (including phenoxy) is 1. The largest absolute Gasteiger partial charge is 0.496 e. The van der Waals surface area contributed by atoms with Crippen molar-refractivity contribution in [3.05, 3.63) is 58.9 Å². The number of methoxy groups -OCH3 is 1. The summed E-state index contributed by atoms with van der Waals surface area (Å²) in [7, 11) is 1.57. The Morgan fingerprint density at radius 1 is 1.19 bits per heavy atom. The monoisotopic (exact) mass is 287 g/mol. The van der Waals surface area contributed by atoms with Crippen molar-refractivity contribution in [3.8, 4) is 5.75 Å². The van der Waals surface area contributed by atoms with Gasteiger partial charge in [0.05, 0.1) is 13.5 Å². The molecule has 3 nitrogen and oxygen atoms in total. The van der Waals surface area contributed by atoms with E-state index in [2.05, 4.69) is 5.32 Å². The third kappa shape index (κ3) is 3.81. The van der Waals surface area contributed by atoms with Crippen molar-refractivity contribution in [1.82, 2.24) is 0 Å². The second-order valence-electron chi connectivity index (χ2n) is 5.00. The molecule has 0 spiro atoms. The highest BCUT2D eigenvalue weighted by Gasteiger charge is 2.11. The fourth-order valence-corrected chi connectivity index (χ4v) is 2.14. The molecule has 0 fully saturated rings. The van der Waals surface area contributed by atoms with Crippen LogP contribution < -0.4 is 10.1 Å². The molecule has 21 heavy (non-hydrogen) atoms. The van der Waals surface area contributed by atoms with Crippen LogP contribution in [-0.4, -0.2) is 13.0 Å². The number of carbonyl (C=O) groups excluding carboxylic acids is 1. The molecule has 0 aliphatic heterocycles. The molecule has 0 saturated heterocycles. The molecule has 1 N–H and O–H groups in total. The summed E-state index contributed by atoms with van der Waals surface area (Å²) < 4.78 is 18.5. The molecule has 0 aliphatic carbocycles. The Labute approximate surface area is 123 Å². The van der Waals surface area contributed by atoms with Crippen LogP contribution in [0.5, 0.6) is 5.75 Å². The van der Waals surface area contributed by atoms with Crippen LogP contribution in [0.1, 0.15) is 16.7 Å². The highest BCUT2D eigenvalue weighted by Crippen LogP contribution is 2.21. The van der Waals surface area contributed by atoms with Crippen LogP contribution in [0.4, 0.5) is 10.1 Å². The first-order valence-electron chi connectivity index (χ1n) is 6.69. The van der Waals surface area contributed by atoms with Crippen molar-refractivity contribution in [1.29, 1.82) is 0 Å². The Morgan fingerprint density at radius 3 is 2.67 bits per heavy atom. The number of aryl methyl sites for hydroxylation is 2. The molecule has 0 bridgehead atoms. The zero-order valence-electron chi connectivity index (χ0n) is 12.4. The van der Waals surface area contributed by atoms with Crippen molar-refractivity contribution in [2.24, 2.45) is 0 Å². The maximum Gasteiger partial charge on any atom is 0.228 e. The molecular weight excluding hydrogens is 269 g/mol. The Kier molecular flexibility index (Phi) is 4.58. The molecule has 2 rings (SSSR count). The van der Waals surface area contributed by atoms with Crippen LogP contribution in [0.25, 0.3) is 0 Å². The molecule has 1 amide bonds. The summed E-state index contributed by atoms with van der Waals surface area (Å²) in [6, 6.07) is 10.0. The number of amides is 1. The summed E-state index contributed by atoms with van der Waals surface area (Å²) >= 11 is 0. The van der Waals surface area contributed by atoms with Crippen molar-refractivity contribution < 1.29 is 13.9 Å². The minimum atomic E-state index is -0.371. The number of halogens is 1. The Hall–Kier alpha value is -2.36. The first kappa shape index (κ1) is 15.0. The van der Waals surface area contributed by atoms with Crippen molar-refractivity contribution in [2.45, 2.75) is 20.3 Å². The highest BCUT2D eigenvalue weighted by molar-refractivity contribution is 5.93. The van der Waals surface area contributed by atoms with Gasteiger partial charge in [-0.1, -0.05) is 23.8 Å². The smallest absolute Gasteiger partial charge is 0.228 e. The van der Waals surface area contributed by atoms with E-state index in [1.54, 1.807) is 13.2 Å². The summed E-state index contributed by atoms with van der Waals surface area (Å²) in [5, 5.41) is 2.74. The molecule has 110 valence electrons. The second-order valence-corrected chi connectivity index (χ2v) is 5.00. The number of carbonyl (C=O) groups is 1. The van der Waals surface area contributed by atoms with Gasteiger partial charge in [-0.15, -0.1) is 0 Å². The van der Waals surface area contributed by atoms with Gasteiger partial charge in [-0.2, -0.15) is 0 Å². The molecule has 4 heteroatoms. The van der Waals surface area contributed by atoms with Gasteiger partial charge in [0.1, 0.15) is 11.6 Å². The molecule has 0 saturated carbocycles. The van der Waals surface area contributed by atoms with Gasteiger partial charge < -0.3 is 10.1 Å². The van der Waals surface area contributed by atoms with Crippen molar-refractivity contribution in [2.75, 3.05) is 12.4 Å². The summed E-state index contributed by atoms with van der Waals surface area (Å²) in [6.07, 6.45) is 0.181. The molecule has 0 unspecified atom stereocenters. The van der Waals surface area contributed by atoms with E-state index in [1.165, 1.54) is 12.1 Å². The standard InChI is InChI=1S/C17H18FNO2/c1-11-4-7-16(21-3)13(8-11)9-17(20)19-15-10-14(18)6-5-12(15)2/h4-8,10H,9H2,1-3H3,(H,19,20). The van der Waals surface area contributed by atoms with E-state index in [0.717, 1.165) is 16.7 Å². The molecule has 0 radical (unpaired) electrons. The van der Waals surface area contributed by atoms with E-state index in [4.69, 9.17) is 4.74 Å². The third-order valence-corrected chi connectivity index (χ3v) is 3.26. The number of rotatable bonds is 4. The number of hydrogen-bond acceptors (Lipinski definition) is 2. The van der Waals surface area contributed by atoms with E-state index in [1.807, 2.05) is 32.0 Å². The minimum Gasteiger partial charge on any atom is -0.496 e. The Morgan fingerprint density at radius 2 is 1.95 bits per heavy atom. The van der Waals surface area contributed by atoms with Crippen molar-refractivity contribution in [3.63, 3.8) is 0 Å². The lowest BCUT2D eigenvalue weighted by Crippen LogP contribution is -2.16. The Balaban J connectivity index is 2.15. The molecule has 0 heterocycles. The van der Waals surface area contributed by atoms with E-state index >= 15 is 0 Å². The van der Waals surface area contributed by atoms with Gasteiger partial charge in [-0.25, -0.2) is 4.39 Å². The summed E-state index contributed by atoms with van der Waals surface area (Å²) in [4.78, 5) is 12.1. The number of benzene rings is 2. The summed E-state index contributed by atoms with van der Waals surface area (Å²) in [6.45, 7) is 3.78. The maximum absolute atomic E-state index is 13.2. The zero-order valence-corrected chi connectivity index (χ0v) is 12.4. The number of hydrogen-bond donors (Lipinski definition) is 1. The van der Waals surface area contributed by atoms with Crippen LogP contribution in [0.2, 0.25) is 0 Å². The van der Waals surface area contributed by atoms with Crippen molar-refractivity contribution >= 4 is 11.6 Å². The number of nitrogens with one attached hydrogen (secondary N) is 1. The fourth-order valence-electron chi connectivity index (χ4n) is 2.14. The lowest BCUT2D eigenvalue weighted by Gasteiger charge is -2.11. The van der Waals surface area contributed by atoms with Gasteiger partial charge in [0.15, 0.2) is 0 Å². The van der Waals surface area contributed by atoms with Crippen LogP contribution in [0.3, 0.4) is 0 Å². The normalized spacial score (nSPS) is 10.3. The highest BCUT2D eigenvalue weighted by atomic mass is 19.1. The third-order valence-electron chi connectivity index (χ3n) is 3.26. The number of anilines is 1. The second kappa shape index (κ2) is 6.39. The van der Waals surface area contributed by atoms with Crippen LogP contribution in [0.15, 0.2) is 36.4 Å². The predicted molar refractivity (Wildman–Crippen MR) is 81.2 cm³/mol. The molecule has 2 aromatic carbocycles. The Bertz CT molecular complexity index is 668. The van der Waals surface area contributed by atoms with E-state index in [0.29, 0.717) is 11.4 Å². The van der Waals surface area contributed by atoms with Gasteiger partial charge >= 0.3 is 0 Å². The average Bonchev–Trinajstić information content (AvgIpc) is 2.43. The zero-order chi connectivity index (χ0) is 15.4. The molecule has 0 aliphatic rings. The van der Waals surface area contributed by atoms with Crippen LogP contribution in [-0.2, 0) is 11.2 Å². The van der Waals surface area contributed by atoms with Crippen LogP contribution >= 0.6 is 0 Å². The quantitative estimate of drug-likeness (QED) is 0.932. The molecule has 0 aromatic heterocycles. The first-order valence-corrected chi connectivity index (χ1v) is 6.69. The van der Waals surface area contributed by atoms with E-state index in [9.17, 15) is 9.18 Å². The molecule has 2 aromatic rings. The summed E-state index contributed by atoms with van der Waals surface area (Å²) in [5.41, 5.74) is 3.18. The average molecular weight is 287 g/mol. The van der Waals surface area contributed by atoms with Gasteiger partial charge in [-0.05, 0) is 37.6 Å². The minimum absolute atomic E-state index is 0.181. The first-order chi connectivity index (χ1) is 9.99. The van der Waals surface area contributed by atoms with Crippen LogP contribution in [0, 0.1) is 19.7 Å².